The predicted octanol–water partition coefficient (Wildman–Crippen LogP) is 2.64. The number of aromatic nitrogens is 1. The van der Waals surface area contributed by atoms with Gasteiger partial charge in [-0.3, -0.25) is 4.98 Å². The molecule has 0 saturated heterocycles. The first-order valence-corrected chi connectivity index (χ1v) is 3.58. The second-order valence-electron chi connectivity index (χ2n) is 2.52. The molecule has 0 radical (unpaired) electrons. The molecule has 1 heterocycles. The summed E-state index contributed by atoms with van der Waals surface area (Å²) in [5, 5.41) is 8.41. The summed E-state index contributed by atoms with van der Waals surface area (Å²) in [7, 11) is 0. The number of hydrogen-bond acceptors (Lipinski definition) is 2. The van der Waals surface area contributed by atoms with Crippen molar-refractivity contribution >= 4 is 5.57 Å². The van der Waals surface area contributed by atoms with E-state index in [4.69, 9.17) is 5.26 Å². The molecule has 72 valence electrons. The van der Waals surface area contributed by atoms with Gasteiger partial charge in [-0.2, -0.15) is 18.4 Å². The molecule has 1 aromatic heterocycles. The van der Waals surface area contributed by atoms with Crippen LogP contribution >= 0.6 is 0 Å². The predicted molar refractivity (Wildman–Crippen MR) is 43.9 cm³/mol. The van der Waals surface area contributed by atoms with Gasteiger partial charge in [-0.05, 0) is 12.1 Å². The van der Waals surface area contributed by atoms with Crippen molar-refractivity contribution < 1.29 is 13.2 Å². The Hall–Kier alpha value is -1.83. The van der Waals surface area contributed by atoms with Gasteiger partial charge in [-0.1, -0.05) is 6.58 Å². The van der Waals surface area contributed by atoms with Crippen LogP contribution in [-0.2, 0) is 6.18 Å². The van der Waals surface area contributed by atoms with Crippen LogP contribution in [-0.4, -0.2) is 4.98 Å². The van der Waals surface area contributed by atoms with E-state index >= 15 is 0 Å². The van der Waals surface area contributed by atoms with Crippen LogP contribution in [0.25, 0.3) is 5.57 Å². The van der Waals surface area contributed by atoms with Crippen molar-refractivity contribution in [2.75, 3.05) is 0 Å². The number of hydrogen-bond donors (Lipinski definition) is 0. The first-order valence-electron chi connectivity index (χ1n) is 3.58. The Labute approximate surface area is 78.3 Å². The molecular formula is C9H5F3N2. The lowest BCUT2D eigenvalue weighted by Gasteiger charge is -2.05. The monoisotopic (exact) mass is 198 g/mol. The number of nitriles is 1. The highest BCUT2D eigenvalue weighted by Crippen LogP contribution is 2.28. The van der Waals surface area contributed by atoms with Crippen LogP contribution in [0.3, 0.4) is 0 Å². The second-order valence-corrected chi connectivity index (χ2v) is 2.52. The van der Waals surface area contributed by atoms with Gasteiger partial charge < -0.3 is 0 Å². The molecular weight excluding hydrogens is 193 g/mol. The SMILES string of the molecule is C=C(C#N)c1ccc(C(F)(F)F)cn1. The Kier molecular flexibility index (Phi) is 2.56. The molecule has 5 heteroatoms. The zero-order chi connectivity index (χ0) is 10.8. The molecule has 0 atom stereocenters. The van der Waals surface area contributed by atoms with Crippen LogP contribution in [0, 0.1) is 11.3 Å². The van der Waals surface area contributed by atoms with Crippen LogP contribution in [0.2, 0.25) is 0 Å². The minimum atomic E-state index is -4.40. The molecule has 2 nitrogen and oxygen atoms in total. The summed E-state index contributed by atoms with van der Waals surface area (Å²) in [4.78, 5) is 3.47. The van der Waals surface area contributed by atoms with Crippen molar-refractivity contribution in [3.63, 3.8) is 0 Å². The molecule has 0 saturated carbocycles. The second kappa shape index (κ2) is 3.50. The molecule has 0 aliphatic heterocycles. The minimum Gasteiger partial charge on any atom is -0.255 e. The van der Waals surface area contributed by atoms with Gasteiger partial charge in [0, 0.05) is 6.20 Å². The van der Waals surface area contributed by atoms with Gasteiger partial charge >= 0.3 is 6.18 Å². The highest BCUT2D eigenvalue weighted by atomic mass is 19.4. The molecule has 1 aromatic rings. The first-order chi connectivity index (χ1) is 6.45. The molecule has 0 bridgehead atoms. The Morgan fingerprint density at radius 2 is 2.07 bits per heavy atom. The lowest BCUT2D eigenvalue weighted by molar-refractivity contribution is -0.137. The molecule has 0 amide bonds. The summed E-state index contributed by atoms with van der Waals surface area (Å²) < 4.78 is 36.2. The van der Waals surface area contributed by atoms with E-state index in [-0.39, 0.29) is 11.3 Å². The van der Waals surface area contributed by atoms with E-state index in [1.54, 1.807) is 6.07 Å². The van der Waals surface area contributed by atoms with Crippen molar-refractivity contribution in [2.45, 2.75) is 6.18 Å². The number of alkyl halides is 3. The molecule has 1 rings (SSSR count). The molecule has 0 fully saturated rings. The standard InChI is InChI=1S/C9H5F3N2/c1-6(4-13)8-3-2-7(5-14-8)9(10,11)12/h2-3,5H,1H2. The van der Waals surface area contributed by atoms with Gasteiger partial charge in [0.1, 0.15) is 6.07 Å². The van der Waals surface area contributed by atoms with Gasteiger partial charge in [0.15, 0.2) is 0 Å². The van der Waals surface area contributed by atoms with Crippen molar-refractivity contribution in [2.24, 2.45) is 0 Å². The first kappa shape index (κ1) is 10.3. The zero-order valence-corrected chi connectivity index (χ0v) is 6.97. The average molecular weight is 198 g/mol. The Morgan fingerprint density at radius 1 is 1.43 bits per heavy atom. The number of halogens is 3. The van der Waals surface area contributed by atoms with Gasteiger partial charge in [0.2, 0.25) is 0 Å². The third-order valence-corrected chi connectivity index (χ3v) is 1.53. The van der Waals surface area contributed by atoms with Crippen LogP contribution in [0.5, 0.6) is 0 Å². The van der Waals surface area contributed by atoms with E-state index in [0.717, 1.165) is 12.1 Å². The summed E-state index contributed by atoms with van der Waals surface area (Å²) in [6.45, 7) is 3.33. The lowest BCUT2D eigenvalue weighted by Crippen LogP contribution is -2.05. The summed E-state index contributed by atoms with van der Waals surface area (Å²) in [5.74, 6) is 0. The van der Waals surface area contributed by atoms with E-state index in [1.165, 1.54) is 0 Å². The lowest BCUT2D eigenvalue weighted by atomic mass is 10.2. The molecule has 0 N–H and O–H groups in total. The van der Waals surface area contributed by atoms with Crippen molar-refractivity contribution in [3.05, 3.63) is 36.2 Å². The summed E-state index contributed by atoms with van der Waals surface area (Å²) in [5.41, 5.74) is -0.647. The molecule has 14 heavy (non-hydrogen) atoms. The Balaban J connectivity index is 3.02. The van der Waals surface area contributed by atoms with Crippen LogP contribution in [0.4, 0.5) is 13.2 Å². The summed E-state index contributed by atoms with van der Waals surface area (Å²) >= 11 is 0. The molecule has 0 spiro atoms. The topological polar surface area (TPSA) is 36.7 Å². The largest absolute Gasteiger partial charge is 0.417 e. The highest BCUT2D eigenvalue weighted by molar-refractivity contribution is 5.72. The smallest absolute Gasteiger partial charge is 0.255 e. The van der Waals surface area contributed by atoms with Crippen molar-refractivity contribution in [1.82, 2.24) is 4.98 Å². The molecule has 0 aliphatic carbocycles. The number of pyridine rings is 1. The maximum atomic E-state index is 12.1. The van der Waals surface area contributed by atoms with Gasteiger partial charge in [0.25, 0.3) is 0 Å². The Bertz CT molecular complexity index is 384. The molecule has 0 aromatic carbocycles. The van der Waals surface area contributed by atoms with E-state index < -0.39 is 11.7 Å². The average Bonchev–Trinajstić information content (AvgIpc) is 2.15. The van der Waals surface area contributed by atoms with Crippen LogP contribution in [0.15, 0.2) is 24.9 Å². The summed E-state index contributed by atoms with van der Waals surface area (Å²) in [6, 6.07) is 3.69. The van der Waals surface area contributed by atoms with E-state index in [1.807, 2.05) is 0 Å². The van der Waals surface area contributed by atoms with Crippen LogP contribution in [0.1, 0.15) is 11.3 Å². The maximum Gasteiger partial charge on any atom is 0.417 e. The fraction of sp³-hybridized carbons (Fsp3) is 0.111. The fourth-order valence-corrected chi connectivity index (χ4v) is 0.797. The van der Waals surface area contributed by atoms with E-state index in [0.29, 0.717) is 6.20 Å². The van der Waals surface area contributed by atoms with E-state index in [2.05, 4.69) is 11.6 Å². The van der Waals surface area contributed by atoms with Gasteiger partial charge in [0.05, 0.1) is 16.8 Å². The highest BCUT2D eigenvalue weighted by Gasteiger charge is 2.30. The van der Waals surface area contributed by atoms with E-state index in [9.17, 15) is 13.2 Å². The van der Waals surface area contributed by atoms with Crippen molar-refractivity contribution in [3.8, 4) is 6.07 Å². The quantitative estimate of drug-likeness (QED) is 0.650. The summed E-state index contributed by atoms with van der Waals surface area (Å²) in [6.07, 6.45) is -3.72. The molecule has 0 unspecified atom stereocenters. The van der Waals surface area contributed by atoms with Crippen molar-refractivity contribution in [1.29, 1.82) is 5.26 Å². The number of nitrogens with zero attached hydrogens (tertiary/aromatic N) is 2. The normalized spacial score (nSPS) is 10.7. The van der Waals surface area contributed by atoms with Gasteiger partial charge in [-0.25, -0.2) is 0 Å². The van der Waals surface area contributed by atoms with Crippen LogP contribution < -0.4 is 0 Å². The minimum absolute atomic E-state index is 0.0405. The van der Waals surface area contributed by atoms with Gasteiger partial charge in [-0.15, -0.1) is 0 Å². The third kappa shape index (κ3) is 2.10. The molecule has 0 aliphatic rings. The Morgan fingerprint density at radius 3 is 2.43 bits per heavy atom. The zero-order valence-electron chi connectivity index (χ0n) is 6.97. The third-order valence-electron chi connectivity index (χ3n) is 1.53. The maximum absolute atomic E-state index is 12.1. The number of allylic oxidation sites excluding steroid dienone is 1. The number of rotatable bonds is 1. The fourth-order valence-electron chi connectivity index (χ4n) is 0.797.